The molecular formula is C12H9BrFNO2S. The maximum Gasteiger partial charge on any atom is 0.340 e. The third kappa shape index (κ3) is 2.88. The Morgan fingerprint density at radius 2 is 2.17 bits per heavy atom. The summed E-state index contributed by atoms with van der Waals surface area (Å²) in [5.74, 6) is -2.01. The van der Waals surface area contributed by atoms with Crippen LogP contribution in [0.25, 0.3) is 0 Å². The van der Waals surface area contributed by atoms with Gasteiger partial charge in [-0.05, 0) is 40.2 Å². The molecule has 0 bridgehead atoms. The van der Waals surface area contributed by atoms with Crippen molar-refractivity contribution in [3.05, 3.63) is 50.4 Å². The lowest BCUT2D eigenvalue weighted by molar-refractivity contribution is 0.0693. The summed E-state index contributed by atoms with van der Waals surface area (Å²) in [6, 6.07) is 7.99. The van der Waals surface area contributed by atoms with E-state index in [0.29, 0.717) is 6.54 Å². The van der Waals surface area contributed by atoms with Gasteiger partial charge in [0.15, 0.2) is 0 Å². The quantitative estimate of drug-likeness (QED) is 0.892. The summed E-state index contributed by atoms with van der Waals surface area (Å²) >= 11 is 4.88. The summed E-state index contributed by atoms with van der Waals surface area (Å²) in [6.07, 6.45) is 0. The number of benzene rings is 1. The van der Waals surface area contributed by atoms with Crippen LogP contribution in [0.5, 0.6) is 0 Å². The number of hydrogen-bond donors (Lipinski definition) is 2. The Morgan fingerprint density at radius 3 is 2.78 bits per heavy atom. The monoisotopic (exact) mass is 329 g/mol. The molecule has 0 aliphatic carbocycles. The van der Waals surface area contributed by atoms with Crippen LogP contribution in [0.15, 0.2) is 34.1 Å². The molecule has 0 unspecified atom stereocenters. The highest BCUT2D eigenvalue weighted by molar-refractivity contribution is 9.11. The molecule has 94 valence electrons. The number of hydrogen-bond acceptors (Lipinski definition) is 3. The summed E-state index contributed by atoms with van der Waals surface area (Å²) in [7, 11) is 0. The summed E-state index contributed by atoms with van der Waals surface area (Å²) < 4.78 is 14.4. The fourth-order valence-electron chi connectivity index (χ4n) is 1.52. The molecule has 0 spiro atoms. The van der Waals surface area contributed by atoms with Crippen molar-refractivity contribution in [2.75, 3.05) is 5.32 Å². The van der Waals surface area contributed by atoms with Crippen molar-refractivity contribution >= 4 is 38.9 Å². The zero-order chi connectivity index (χ0) is 13.1. The van der Waals surface area contributed by atoms with Crippen molar-refractivity contribution in [2.24, 2.45) is 0 Å². The van der Waals surface area contributed by atoms with Crippen LogP contribution in [0.1, 0.15) is 15.2 Å². The fourth-order valence-corrected chi connectivity index (χ4v) is 2.94. The second kappa shape index (κ2) is 5.49. The van der Waals surface area contributed by atoms with Gasteiger partial charge in [-0.1, -0.05) is 6.07 Å². The molecule has 18 heavy (non-hydrogen) atoms. The summed E-state index contributed by atoms with van der Waals surface area (Å²) in [5, 5.41) is 11.9. The van der Waals surface area contributed by atoms with E-state index < -0.39 is 11.8 Å². The van der Waals surface area contributed by atoms with Crippen LogP contribution >= 0.6 is 27.3 Å². The third-order valence-electron chi connectivity index (χ3n) is 2.31. The van der Waals surface area contributed by atoms with Crippen molar-refractivity contribution in [3.63, 3.8) is 0 Å². The molecule has 0 fully saturated rings. The van der Waals surface area contributed by atoms with Gasteiger partial charge in [0.1, 0.15) is 11.4 Å². The van der Waals surface area contributed by atoms with E-state index in [0.717, 1.165) is 14.7 Å². The maximum atomic E-state index is 13.4. The Hall–Kier alpha value is -1.40. The van der Waals surface area contributed by atoms with Crippen LogP contribution in [0, 0.1) is 5.82 Å². The minimum atomic E-state index is -1.28. The number of rotatable bonds is 4. The van der Waals surface area contributed by atoms with Gasteiger partial charge in [0.2, 0.25) is 0 Å². The topological polar surface area (TPSA) is 49.3 Å². The zero-order valence-electron chi connectivity index (χ0n) is 9.11. The number of carboxylic acids is 1. The van der Waals surface area contributed by atoms with Gasteiger partial charge < -0.3 is 10.4 Å². The second-order valence-electron chi connectivity index (χ2n) is 3.53. The van der Waals surface area contributed by atoms with Gasteiger partial charge in [-0.2, -0.15) is 0 Å². The predicted molar refractivity (Wildman–Crippen MR) is 72.7 cm³/mol. The Morgan fingerprint density at radius 1 is 1.39 bits per heavy atom. The van der Waals surface area contributed by atoms with E-state index in [1.54, 1.807) is 6.07 Å². The van der Waals surface area contributed by atoms with Crippen LogP contribution in [0.3, 0.4) is 0 Å². The highest BCUT2D eigenvalue weighted by atomic mass is 79.9. The Labute approximate surface area is 115 Å². The first-order chi connectivity index (χ1) is 8.58. The van der Waals surface area contributed by atoms with Gasteiger partial charge in [0.05, 0.1) is 9.47 Å². The minimum absolute atomic E-state index is 0.284. The van der Waals surface area contributed by atoms with Gasteiger partial charge in [0, 0.05) is 11.4 Å². The average molecular weight is 330 g/mol. The molecule has 0 amide bonds. The highest BCUT2D eigenvalue weighted by Crippen LogP contribution is 2.24. The van der Waals surface area contributed by atoms with Crippen molar-refractivity contribution in [2.45, 2.75) is 6.54 Å². The van der Waals surface area contributed by atoms with Crippen LogP contribution in [-0.2, 0) is 6.54 Å². The zero-order valence-corrected chi connectivity index (χ0v) is 11.5. The van der Waals surface area contributed by atoms with E-state index >= 15 is 0 Å². The predicted octanol–water partition coefficient (Wildman–Crippen LogP) is 3.96. The second-order valence-corrected chi connectivity index (χ2v) is 6.07. The molecular weight excluding hydrogens is 321 g/mol. The lowest BCUT2D eigenvalue weighted by atomic mass is 10.1. The van der Waals surface area contributed by atoms with E-state index in [1.165, 1.54) is 17.4 Å². The average Bonchev–Trinajstić information content (AvgIpc) is 2.72. The molecule has 2 aromatic rings. The number of aromatic carboxylic acids is 1. The van der Waals surface area contributed by atoms with E-state index in [2.05, 4.69) is 21.2 Å². The Bertz CT molecular complexity index is 585. The fraction of sp³-hybridized carbons (Fsp3) is 0.0833. The first-order valence-electron chi connectivity index (χ1n) is 5.08. The van der Waals surface area contributed by atoms with E-state index in [-0.39, 0.29) is 11.3 Å². The number of carboxylic acid groups (broad SMARTS) is 1. The molecule has 2 N–H and O–H groups in total. The number of anilines is 1. The summed E-state index contributed by atoms with van der Waals surface area (Å²) in [6.45, 7) is 0.458. The molecule has 0 aliphatic heterocycles. The van der Waals surface area contributed by atoms with Gasteiger partial charge >= 0.3 is 5.97 Å². The molecule has 6 heteroatoms. The first-order valence-corrected chi connectivity index (χ1v) is 6.69. The largest absolute Gasteiger partial charge is 0.478 e. The molecule has 3 nitrogen and oxygen atoms in total. The number of nitrogens with one attached hydrogen (secondary N) is 1. The molecule has 1 heterocycles. The van der Waals surface area contributed by atoms with Crippen molar-refractivity contribution < 1.29 is 14.3 Å². The van der Waals surface area contributed by atoms with Gasteiger partial charge in [-0.3, -0.25) is 0 Å². The molecule has 0 saturated carbocycles. The molecule has 2 rings (SSSR count). The number of halogens is 2. The number of thiophene rings is 1. The first kappa shape index (κ1) is 13.0. The smallest absolute Gasteiger partial charge is 0.340 e. The standard InChI is InChI=1S/C12H9BrFNO2S/c13-10-5-4-7(18-10)6-15-9-3-1-2-8(14)11(9)12(16)17/h1-5,15H,6H2,(H,16,17). The summed E-state index contributed by atoms with van der Waals surface area (Å²) in [5.41, 5.74) is -0.0415. The van der Waals surface area contributed by atoms with E-state index in [9.17, 15) is 9.18 Å². The van der Waals surface area contributed by atoms with Crippen molar-refractivity contribution in [1.29, 1.82) is 0 Å². The SMILES string of the molecule is O=C(O)c1c(F)cccc1NCc1ccc(Br)s1. The minimum Gasteiger partial charge on any atom is -0.478 e. The summed E-state index contributed by atoms with van der Waals surface area (Å²) in [4.78, 5) is 12.0. The molecule has 0 saturated heterocycles. The molecule has 0 radical (unpaired) electrons. The maximum absolute atomic E-state index is 13.4. The van der Waals surface area contributed by atoms with Gasteiger partial charge in [-0.25, -0.2) is 9.18 Å². The Kier molecular flexibility index (Phi) is 3.98. The lowest BCUT2D eigenvalue weighted by Gasteiger charge is -2.09. The van der Waals surface area contributed by atoms with Crippen LogP contribution in [0.4, 0.5) is 10.1 Å². The van der Waals surface area contributed by atoms with Crippen LogP contribution in [0.2, 0.25) is 0 Å². The van der Waals surface area contributed by atoms with Gasteiger partial charge in [0.25, 0.3) is 0 Å². The van der Waals surface area contributed by atoms with Crippen molar-refractivity contribution in [3.8, 4) is 0 Å². The Balaban J connectivity index is 2.19. The molecule has 0 aliphatic rings. The van der Waals surface area contributed by atoms with Gasteiger partial charge in [-0.15, -0.1) is 11.3 Å². The number of carbonyl (C=O) groups is 1. The van der Waals surface area contributed by atoms with Crippen LogP contribution < -0.4 is 5.32 Å². The van der Waals surface area contributed by atoms with E-state index in [1.807, 2.05) is 12.1 Å². The molecule has 1 aromatic carbocycles. The normalized spacial score (nSPS) is 10.3. The highest BCUT2D eigenvalue weighted by Gasteiger charge is 2.15. The third-order valence-corrected chi connectivity index (χ3v) is 3.93. The lowest BCUT2D eigenvalue weighted by Crippen LogP contribution is -2.08. The van der Waals surface area contributed by atoms with Crippen LogP contribution in [-0.4, -0.2) is 11.1 Å². The molecule has 0 atom stereocenters. The van der Waals surface area contributed by atoms with E-state index in [4.69, 9.17) is 5.11 Å². The molecule has 1 aromatic heterocycles. The van der Waals surface area contributed by atoms with Crippen molar-refractivity contribution in [1.82, 2.24) is 0 Å².